The van der Waals surface area contributed by atoms with E-state index in [9.17, 15) is 0 Å². The van der Waals surface area contributed by atoms with Crippen LogP contribution in [0.5, 0.6) is 5.75 Å². The molecule has 2 aromatic rings. The summed E-state index contributed by atoms with van der Waals surface area (Å²) < 4.78 is 7.45. The lowest BCUT2D eigenvalue weighted by Crippen LogP contribution is -2.01. The molecular formula is C16H17Br2NO2. The number of rotatable bonds is 6. The molecule has 0 atom stereocenters. The van der Waals surface area contributed by atoms with Gasteiger partial charge in [-0.15, -0.1) is 0 Å². The average Bonchev–Trinajstić information content (AvgIpc) is 2.49. The van der Waals surface area contributed by atoms with Gasteiger partial charge in [-0.1, -0.05) is 12.1 Å². The maximum absolute atomic E-state index is 9.02. The summed E-state index contributed by atoms with van der Waals surface area (Å²) in [6.45, 7) is 3.37. The number of anilines is 1. The molecule has 2 aromatic carbocycles. The number of nitrogens with one attached hydrogen (secondary N) is 1. The Morgan fingerprint density at radius 2 is 1.67 bits per heavy atom. The predicted molar refractivity (Wildman–Crippen MR) is 92.7 cm³/mol. The molecule has 2 N–H and O–H groups in total. The van der Waals surface area contributed by atoms with Gasteiger partial charge in [0, 0.05) is 12.2 Å². The lowest BCUT2D eigenvalue weighted by atomic mass is 10.2. The number of aliphatic hydroxyl groups excluding tert-OH is 1. The largest absolute Gasteiger partial charge is 0.492 e. The molecule has 0 radical (unpaired) electrons. The molecule has 0 spiro atoms. The molecule has 0 bridgehead atoms. The van der Waals surface area contributed by atoms with Crippen LogP contribution in [0.1, 0.15) is 18.1 Å². The quantitative estimate of drug-likeness (QED) is 0.718. The Morgan fingerprint density at radius 1 is 1.05 bits per heavy atom. The molecule has 5 heteroatoms. The second-order valence-electron chi connectivity index (χ2n) is 4.53. The molecule has 0 saturated heterocycles. The van der Waals surface area contributed by atoms with E-state index >= 15 is 0 Å². The van der Waals surface area contributed by atoms with E-state index in [4.69, 9.17) is 9.84 Å². The van der Waals surface area contributed by atoms with Crippen LogP contribution >= 0.6 is 31.9 Å². The fraction of sp³-hybridized carbons (Fsp3) is 0.250. The van der Waals surface area contributed by atoms with Gasteiger partial charge in [0.15, 0.2) is 0 Å². The number of aliphatic hydroxyl groups is 1. The lowest BCUT2D eigenvalue weighted by Gasteiger charge is -2.12. The van der Waals surface area contributed by atoms with Crippen LogP contribution in [-0.2, 0) is 13.2 Å². The standard InChI is InChI=1S/C16H17Br2NO2/c1-2-21-16-14(17)7-12(8-15(16)18)9-19-13-5-3-11(10-20)4-6-13/h3-8,19-20H,2,9-10H2,1H3. The van der Waals surface area contributed by atoms with E-state index in [2.05, 4.69) is 37.2 Å². The van der Waals surface area contributed by atoms with Crippen molar-refractivity contribution in [3.63, 3.8) is 0 Å². The van der Waals surface area contributed by atoms with Crippen LogP contribution in [0.2, 0.25) is 0 Å². The summed E-state index contributed by atoms with van der Waals surface area (Å²) in [4.78, 5) is 0. The summed E-state index contributed by atoms with van der Waals surface area (Å²) in [5.41, 5.74) is 3.07. The number of halogens is 2. The fourth-order valence-corrected chi connectivity index (χ4v) is 3.44. The Bertz CT molecular complexity index is 577. The van der Waals surface area contributed by atoms with Gasteiger partial charge in [0.25, 0.3) is 0 Å². The topological polar surface area (TPSA) is 41.5 Å². The zero-order chi connectivity index (χ0) is 15.2. The van der Waals surface area contributed by atoms with E-state index in [0.717, 1.165) is 31.5 Å². The van der Waals surface area contributed by atoms with Crippen molar-refractivity contribution in [1.29, 1.82) is 0 Å². The third-order valence-electron chi connectivity index (χ3n) is 2.98. The van der Waals surface area contributed by atoms with Crippen LogP contribution in [0.3, 0.4) is 0 Å². The Kier molecular flexibility index (Phi) is 6.08. The zero-order valence-corrected chi connectivity index (χ0v) is 14.9. The SMILES string of the molecule is CCOc1c(Br)cc(CNc2ccc(CO)cc2)cc1Br. The third-order valence-corrected chi connectivity index (χ3v) is 4.16. The first-order chi connectivity index (χ1) is 10.1. The molecule has 0 saturated carbocycles. The summed E-state index contributed by atoms with van der Waals surface area (Å²) in [5, 5.41) is 12.4. The second-order valence-corrected chi connectivity index (χ2v) is 6.24. The lowest BCUT2D eigenvalue weighted by molar-refractivity contribution is 0.282. The molecule has 0 heterocycles. The number of hydrogen-bond donors (Lipinski definition) is 2. The highest BCUT2D eigenvalue weighted by Gasteiger charge is 2.08. The Hall–Kier alpha value is -1.04. The van der Waals surface area contributed by atoms with Gasteiger partial charge in [-0.25, -0.2) is 0 Å². The van der Waals surface area contributed by atoms with E-state index in [1.165, 1.54) is 0 Å². The van der Waals surface area contributed by atoms with Gasteiger partial charge in [0.05, 0.1) is 22.2 Å². The molecule has 21 heavy (non-hydrogen) atoms. The molecule has 0 amide bonds. The van der Waals surface area contributed by atoms with Crippen molar-refractivity contribution in [1.82, 2.24) is 0 Å². The van der Waals surface area contributed by atoms with Gasteiger partial charge in [0.2, 0.25) is 0 Å². The van der Waals surface area contributed by atoms with Gasteiger partial charge in [0.1, 0.15) is 5.75 Å². The first kappa shape index (κ1) is 16.3. The van der Waals surface area contributed by atoms with Crippen molar-refractivity contribution in [3.8, 4) is 5.75 Å². The van der Waals surface area contributed by atoms with Gasteiger partial charge in [-0.3, -0.25) is 0 Å². The minimum absolute atomic E-state index is 0.0685. The summed E-state index contributed by atoms with van der Waals surface area (Å²) >= 11 is 7.07. The minimum Gasteiger partial charge on any atom is -0.492 e. The normalized spacial score (nSPS) is 10.5. The molecule has 0 aromatic heterocycles. The van der Waals surface area contributed by atoms with Crippen molar-refractivity contribution in [2.24, 2.45) is 0 Å². The van der Waals surface area contributed by atoms with E-state index in [1.54, 1.807) is 0 Å². The van der Waals surface area contributed by atoms with E-state index < -0.39 is 0 Å². The Labute approximate surface area is 141 Å². The Balaban J connectivity index is 2.05. The molecule has 0 aliphatic rings. The van der Waals surface area contributed by atoms with E-state index in [1.807, 2.05) is 43.3 Å². The number of ether oxygens (including phenoxy) is 1. The van der Waals surface area contributed by atoms with Gasteiger partial charge < -0.3 is 15.2 Å². The van der Waals surface area contributed by atoms with Crippen LogP contribution in [0.15, 0.2) is 45.3 Å². The maximum Gasteiger partial charge on any atom is 0.147 e. The predicted octanol–water partition coefficient (Wildman–Crippen LogP) is 4.71. The monoisotopic (exact) mass is 413 g/mol. The Morgan fingerprint density at radius 3 is 2.19 bits per heavy atom. The third kappa shape index (κ3) is 4.46. The number of hydrogen-bond acceptors (Lipinski definition) is 3. The second kappa shape index (κ2) is 7.82. The summed E-state index contributed by atoms with van der Waals surface area (Å²) in [6.07, 6.45) is 0. The highest BCUT2D eigenvalue weighted by atomic mass is 79.9. The minimum atomic E-state index is 0.0685. The van der Waals surface area contributed by atoms with Crippen LogP contribution < -0.4 is 10.1 Å². The van der Waals surface area contributed by atoms with Gasteiger partial charge in [-0.05, 0) is 74.2 Å². The first-order valence-corrected chi connectivity index (χ1v) is 8.27. The van der Waals surface area contributed by atoms with Gasteiger partial charge >= 0.3 is 0 Å². The van der Waals surface area contributed by atoms with E-state index in [-0.39, 0.29) is 6.61 Å². The first-order valence-electron chi connectivity index (χ1n) is 6.68. The molecular weight excluding hydrogens is 398 g/mol. The summed E-state index contributed by atoms with van der Waals surface area (Å²) in [7, 11) is 0. The average molecular weight is 415 g/mol. The van der Waals surface area contributed by atoms with Crippen LogP contribution in [-0.4, -0.2) is 11.7 Å². The van der Waals surface area contributed by atoms with Gasteiger partial charge in [-0.2, -0.15) is 0 Å². The van der Waals surface area contributed by atoms with Crippen LogP contribution in [0, 0.1) is 0 Å². The van der Waals surface area contributed by atoms with Crippen LogP contribution in [0.25, 0.3) is 0 Å². The van der Waals surface area contributed by atoms with Crippen molar-refractivity contribution in [3.05, 3.63) is 56.5 Å². The maximum atomic E-state index is 9.02. The van der Waals surface area contributed by atoms with Crippen molar-refractivity contribution >= 4 is 37.5 Å². The molecule has 0 unspecified atom stereocenters. The van der Waals surface area contributed by atoms with Crippen LogP contribution in [0.4, 0.5) is 5.69 Å². The summed E-state index contributed by atoms with van der Waals surface area (Å²) in [6, 6.07) is 11.8. The molecule has 3 nitrogen and oxygen atoms in total. The van der Waals surface area contributed by atoms with Crippen molar-refractivity contribution in [2.45, 2.75) is 20.1 Å². The highest BCUT2D eigenvalue weighted by molar-refractivity contribution is 9.11. The molecule has 0 aliphatic carbocycles. The zero-order valence-electron chi connectivity index (χ0n) is 11.7. The van der Waals surface area contributed by atoms with Crippen molar-refractivity contribution < 1.29 is 9.84 Å². The van der Waals surface area contributed by atoms with Crippen molar-refractivity contribution in [2.75, 3.05) is 11.9 Å². The molecule has 112 valence electrons. The fourth-order valence-electron chi connectivity index (χ4n) is 1.93. The smallest absolute Gasteiger partial charge is 0.147 e. The number of benzene rings is 2. The molecule has 0 fully saturated rings. The summed E-state index contributed by atoms with van der Waals surface area (Å²) in [5.74, 6) is 0.827. The molecule has 0 aliphatic heterocycles. The molecule has 2 rings (SSSR count). The highest BCUT2D eigenvalue weighted by Crippen LogP contribution is 2.35. The van der Waals surface area contributed by atoms with E-state index in [0.29, 0.717) is 13.2 Å².